The van der Waals surface area contributed by atoms with E-state index in [0.717, 1.165) is 16.9 Å². The average molecular weight is 481 g/mol. The zero-order valence-corrected chi connectivity index (χ0v) is 23.5. The molecule has 2 N–H and O–H groups in total. The predicted molar refractivity (Wildman–Crippen MR) is 139 cm³/mol. The first-order valence-corrected chi connectivity index (χ1v) is 15.0. The number of aliphatic hydroxyl groups is 2. The molecule has 0 unspecified atom stereocenters. The van der Waals surface area contributed by atoms with Gasteiger partial charge in [-0.3, -0.25) is 0 Å². The summed E-state index contributed by atoms with van der Waals surface area (Å²) >= 11 is 0. The van der Waals surface area contributed by atoms with Gasteiger partial charge in [-0.15, -0.1) is 0 Å². The Balaban J connectivity index is 2.99. The minimum atomic E-state index is -1.81. The van der Waals surface area contributed by atoms with E-state index in [9.17, 15) is 10.2 Å². The van der Waals surface area contributed by atoms with E-state index in [1.165, 1.54) is 0 Å². The highest BCUT2D eigenvalue weighted by Gasteiger charge is 2.37. The van der Waals surface area contributed by atoms with Crippen LogP contribution in [0.5, 0.6) is 5.75 Å². The van der Waals surface area contributed by atoms with Crippen molar-refractivity contribution < 1.29 is 24.1 Å². The molecule has 0 spiro atoms. The van der Waals surface area contributed by atoms with Crippen LogP contribution in [0.15, 0.2) is 35.9 Å². The molecule has 0 fully saturated rings. The number of hydrogen-bond donors (Lipinski definition) is 2. The normalized spacial score (nSPS) is 17.9. The lowest BCUT2D eigenvalue weighted by atomic mass is 9.86. The molecule has 1 aromatic carbocycles. The Morgan fingerprint density at radius 1 is 1.09 bits per heavy atom. The van der Waals surface area contributed by atoms with Gasteiger partial charge in [0.1, 0.15) is 5.75 Å². The van der Waals surface area contributed by atoms with Crippen molar-refractivity contribution in [2.75, 3.05) is 20.3 Å². The van der Waals surface area contributed by atoms with Crippen molar-refractivity contribution in [3.63, 3.8) is 0 Å². The topological polar surface area (TPSA) is 68.2 Å². The summed E-state index contributed by atoms with van der Waals surface area (Å²) in [5, 5.41) is 20.5. The highest BCUT2D eigenvalue weighted by Crippen LogP contribution is 2.37. The van der Waals surface area contributed by atoms with Crippen LogP contribution >= 0.6 is 0 Å². The van der Waals surface area contributed by atoms with Gasteiger partial charge in [0.25, 0.3) is 0 Å². The average Bonchev–Trinajstić information content (AvgIpc) is 2.76. The van der Waals surface area contributed by atoms with Gasteiger partial charge in [-0.1, -0.05) is 59.8 Å². The van der Waals surface area contributed by atoms with Gasteiger partial charge in [-0.05, 0) is 54.2 Å². The molecule has 0 aliphatic rings. The number of hydrogen-bond acceptors (Lipinski definition) is 5. The molecule has 33 heavy (non-hydrogen) atoms. The Kier molecular flexibility index (Phi) is 11.8. The fourth-order valence-electron chi connectivity index (χ4n) is 3.56. The third kappa shape index (κ3) is 9.17. The van der Waals surface area contributed by atoms with E-state index in [-0.39, 0.29) is 35.5 Å². The molecule has 0 saturated carbocycles. The number of aliphatic hydroxyl groups excluding tert-OH is 2. The lowest BCUT2D eigenvalue weighted by molar-refractivity contribution is -0.0441. The smallest absolute Gasteiger partial charge is 0.192 e. The van der Waals surface area contributed by atoms with Gasteiger partial charge >= 0.3 is 0 Å². The van der Waals surface area contributed by atoms with Crippen molar-refractivity contribution in [1.82, 2.24) is 0 Å². The molecular formula is C27H48O5Si. The van der Waals surface area contributed by atoms with Crippen LogP contribution < -0.4 is 4.74 Å². The maximum Gasteiger partial charge on any atom is 0.192 e. The van der Waals surface area contributed by atoms with Crippen molar-refractivity contribution in [3.8, 4) is 5.75 Å². The summed E-state index contributed by atoms with van der Waals surface area (Å²) in [6.07, 6.45) is 1.27. The van der Waals surface area contributed by atoms with Crippen LogP contribution in [0.25, 0.3) is 0 Å². The quantitative estimate of drug-likeness (QED) is 0.275. The van der Waals surface area contributed by atoms with Gasteiger partial charge in [-0.25, -0.2) is 0 Å². The first-order valence-electron chi connectivity index (χ1n) is 12.1. The standard InChI is InChI=1S/C27H48O5Si/c1-19(17-32-33(9,10)27(5,6)7)15-20(2)26(22(4)25(29)21(3)16-28)31-18-23-11-13-24(30-8)14-12-23/h11-15,19,21-22,25-26,28-29H,16-18H2,1-10H3/b20-15+/t19-,21-,22-,25+,26-/m0/s1. The first kappa shape index (κ1) is 29.8. The van der Waals surface area contributed by atoms with Gasteiger partial charge in [0.05, 0.1) is 25.9 Å². The highest BCUT2D eigenvalue weighted by atomic mass is 28.4. The van der Waals surface area contributed by atoms with Gasteiger partial charge in [0.2, 0.25) is 0 Å². The van der Waals surface area contributed by atoms with Gasteiger partial charge < -0.3 is 24.1 Å². The summed E-state index contributed by atoms with van der Waals surface area (Å²) in [5.74, 6) is 0.641. The highest BCUT2D eigenvalue weighted by molar-refractivity contribution is 6.74. The van der Waals surface area contributed by atoms with Crippen LogP contribution in [0.4, 0.5) is 0 Å². The summed E-state index contributed by atoms with van der Waals surface area (Å²) in [6.45, 7) is 20.4. The molecule has 0 bridgehead atoms. The molecule has 6 heteroatoms. The van der Waals surface area contributed by atoms with E-state index in [1.54, 1.807) is 7.11 Å². The summed E-state index contributed by atoms with van der Waals surface area (Å²) in [5.41, 5.74) is 2.12. The van der Waals surface area contributed by atoms with Crippen molar-refractivity contribution in [2.24, 2.45) is 17.8 Å². The third-order valence-electron chi connectivity index (χ3n) is 6.99. The zero-order chi connectivity index (χ0) is 25.4. The van der Waals surface area contributed by atoms with Crippen molar-refractivity contribution >= 4 is 8.32 Å². The molecule has 0 radical (unpaired) electrons. The number of rotatable bonds is 13. The van der Waals surface area contributed by atoms with Gasteiger partial charge in [-0.2, -0.15) is 0 Å². The van der Waals surface area contributed by atoms with E-state index >= 15 is 0 Å². The lowest BCUT2D eigenvalue weighted by Gasteiger charge is -2.37. The molecule has 5 nitrogen and oxygen atoms in total. The molecule has 5 atom stereocenters. The Hall–Kier alpha value is -1.18. The maximum atomic E-state index is 10.8. The predicted octanol–water partition coefficient (Wildman–Crippen LogP) is 5.81. The zero-order valence-electron chi connectivity index (χ0n) is 22.5. The SMILES string of the molecule is COc1ccc(CO[C@@H](/C(C)=C/[C@H](C)CO[Si](C)(C)C(C)(C)C)[C@@H](C)[C@H](O)[C@@H](C)CO)cc1. The van der Waals surface area contributed by atoms with E-state index in [1.807, 2.05) is 38.1 Å². The summed E-state index contributed by atoms with van der Waals surface area (Å²) in [6, 6.07) is 7.82. The molecule has 1 aromatic rings. The first-order chi connectivity index (χ1) is 15.2. The van der Waals surface area contributed by atoms with Crippen LogP contribution in [0.3, 0.4) is 0 Å². The number of benzene rings is 1. The Morgan fingerprint density at radius 3 is 2.15 bits per heavy atom. The van der Waals surface area contributed by atoms with Gasteiger partial charge in [0, 0.05) is 25.0 Å². The fourth-order valence-corrected chi connectivity index (χ4v) is 4.67. The second-order valence-electron chi connectivity index (χ2n) is 11.0. The molecule has 0 aliphatic carbocycles. The summed E-state index contributed by atoms with van der Waals surface area (Å²) in [4.78, 5) is 0. The van der Waals surface area contributed by atoms with Crippen LogP contribution in [-0.2, 0) is 15.8 Å². The number of ether oxygens (including phenoxy) is 2. The molecule has 0 amide bonds. The van der Waals surface area contributed by atoms with E-state index in [0.29, 0.717) is 13.2 Å². The molecule has 190 valence electrons. The van der Waals surface area contributed by atoms with E-state index in [4.69, 9.17) is 13.9 Å². The second-order valence-corrected chi connectivity index (χ2v) is 15.9. The second kappa shape index (κ2) is 13.1. The largest absolute Gasteiger partial charge is 0.497 e. The summed E-state index contributed by atoms with van der Waals surface area (Å²) in [7, 11) is -0.161. The molecule has 1 rings (SSSR count). The molecule has 0 aromatic heterocycles. The lowest BCUT2D eigenvalue weighted by Crippen LogP contribution is -2.41. The maximum absolute atomic E-state index is 10.8. The minimum absolute atomic E-state index is 0.0593. The minimum Gasteiger partial charge on any atom is -0.497 e. The van der Waals surface area contributed by atoms with Crippen molar-refractivity contribution in [3.05, 3.63) is 41.5 Å². The van der Waals surface area contributed by atoms with Crippen LogP contribution in [0, 0.1) is 17.8 Å². The Bertz CT molecular complexity index is 723. The van der Waals surface area contributed by atoms with Crippen LogP contribution in [-0.4, -0.2) is 51.1 Å². The van der Waals surface area contributed by atoms with E-state index < -0.39 is 14.4 Å². The fraction of sp³-hybridized carbons (Fsp3) is 0.704. The molecular weight excluding hydrogens is 432 g/mol. The molecule has 0 aliphatic heterocycles. The Morgan fingerprint density at radius 2 is 1.67 bits per heavy atom. The van der Waals surface area contributed by atoms with Crippen LogP contribution in [0.1, 0.15) is 54.0 Å². The van der Waals surface area contributed by atoms with Crippen LogP contribution in [0.2, 0.25) is 18.1 Å². The Labute approximate surface area is 203 Å². The van der Waals surface area contributed by atoms with Crippen molar-refractivity contribution in [2.45, 2.75) is 85.4 Å². The monoisotopic (exact) mass is 480 g/mol. The molecule has 0 heterocycles. The van der Waals surface area contributed by atoms with E-state index in [2.05, 4.69) is 53.8 Å². The van der Waals surface area contributed by atoms with Crippen molar-refractivity contribution in [1.29, 1.82) is 0 Å². The number of methoxy groups -OCH3 is 1. The van der Waals surface area contributed by atoms with Gasteiger partial charge in [0.15, 0.2) is 8.32 Å². The molecule has 0 saturated heterocycles. The third-order valence-corrected chi connectivity index (χ3v) is 11.5. The summed E-state index contributed by atoms with van der Waals surface area (Å²) < 4.78 is 18.0.